The number of likely N-dealkylation sites (tertiary alicyclic amines) is 1. The van der Waals surface area contributed by atoms with E-state index in [1.54, 1.807) is 18.2 Å². The zero-order chi connectivity index (χ0) is 18.5. The number of fused-ring (bicyclic) bond motifs is 1. The molecule has 5 nitrogen and oxygen atoms in total. The number of anilines is 1. The van der Waals surface area contributed by atoms with E-state index in [4.69, 9.17) is 16.3 Å². The van der Waals surface area contributed by atoms with Crippen LogP contribution in [0.2, 0.25) is 5.02 Å². The highest BCUT2D eigenvalue weighted by atomic mass is 35.5. The molecule has 6 heteroatoms. The summed E-state index contributed by atoms with van der Waals surface area (Å²) in [7, 11) is 0. The first-order valence-electron chi connectivity index (χ1n) is 9.61. The third kappa shape index (κ3) is 4.50. The van der Waals surface area contributed by atoms with Gasteiger partial charge < -0.3 is 9.64 Å². The second-order valence-corrected chi connectivity index (χ2v) is 7.71. The number of hydrogen-bond donors (Lipinski definition) is 1. The fraction of sp³-hybridized carbons (Fsp3) is 0.600. The summed E-state index contributed by atoms with van der Waals surface area (Å²) in [5, 5.41) is 2.99. The van der Waals surface area contributed by atoms with Crippen LogP contribution in [-0.4, -0.2) is 36.6 Å². The van der Waals surface area contributed by atoms with E-state index in [2.05, 4.69) is 5.32 Å². The lowest BCUT2D eigenvalue weighted by Gasteiger charge is -2.41. The van der Waals surface area contributed by atoms with Crippen molar-refractivity contribution in [1.82, 2.24) is 4.90 Å². The van der Waals surface area contributed by atoms with Gasteiger partial charge in [0.05, 0.1) is 17.2 Å². The molecule has 26 heavy (non-hydrogen) atoms. The Bertz CT molecular complexity index is 664. The molecular weight excluding hydrogens is 352 g/mol. The minimum absolute atomic E-state index is 0.0147. The van der Waals surface area contributed by atoms with Crippen molar-refractivity contribution in [3.8, 4) is 0 Å². The number of carbonyl (C=O) groups is 2. The lowest BCUT2D eigenvalue weighted by atomic mass is 9.75. The van der Waals surface area contributed by atoms with E-state index in [-0.39, 0.29) is 5.91 Å². The van der Waals surface area contributed by atoms with E-state index in [0.29, 0.717) is 28.8 Å². The Morgan fingerprint density at radius 2 is 2.00 bits per heavy atom. The normalized spacial score (nSPS) is 22.5. The molecule has 142 valence electrons. The SMILES string of the molecule is CCCOC(=O)Nc1ccc(C(=O)N2CC[C@H]3CCCC[C@H]3C2)c(Cl)c1. The van der Waals surface area contributed by atoms with E-state index < -0.39 is 6.09 Å². The number of carbonyl (C=O) groups excluding carboxylic acids is 2. The van der Waals surface area contributed by atoms with Gasteiger partial charge in [0.1, 0.15) is 0 Å². The number of benzene rings is 1. The van der Waals surface area contributed by atoms with Crippen LogP contribution in [0.1, 0.15) is 55.8 Å². The van der Waals surface area contributed by atoms with Crippen molar-refractivity contribution in [3.05, 3.63) is 28.8 Å². The highest BCUT2D eigenvalue weighted by Crippen LogP contribution is 2.36. The van der Waals surface area contributed by atoms with Gasteiger partial charge in [-0.25, -0.2) is 4.79 Å². The minimum Gasteiger partial charge on any atom is -0.449 e. The quantitative estimate of drug-likeness (QED) is 0.806. The molecule has 1 aliphatic heterocycles. The maximum absolute atomic E-state index is 12.9. The molecule has 1 heterocycles. The second-order valence-electron chi connectivity index (χ2n) is 7.30. The van der Waals surface area contributed by atoms with Crippen LogP contribution in [0.15, 0.2) is 18.2 Å². The maximum atomic E-state index is 12.9. The summed E-state index contributed by atoms with van der Waals surface area (Å²) in [4.78, 5) is 26.5. The van der Waals surface area contributed by atoms with Crippen molar-refractivity contribution in [3.63, 3.8) is 0 Å². The zero-order valence-electron chi connectivity index (χ0n) is 15.3. The molecule has 2 atom stereocenters. The van der Waals surface area contributed by atoms with Gasteiger partial charge in [-0.15, -0.1) is 0 Å². The number of hydrogen-bond acceptors (Lipinski definition) is 3. The molecule has 0 radical (unpaired) electrons. The zero-order valence-corrected chi connectivity index (χ0v) is 16.1. The van der Waals surface area contributed by atoms with Crippen LogP contribution in [0, 0.1) is 11.8 Å². The van der Waals surface area contributed by atoms with Crippen LogP contribution in [0.25, 0.3) is 0 Å². The van der Waals surface area contributed by atoms with Gasteiger partial charge >= 0.3 is 6.09 Å². The molecule has 0 bridgehead atoms. The largest absolute Gasteiger partial charge is 0.449 e. The molecule has 1 aliphatic carbocycles. The summed E-state index contributed by atoms with van der Waals surface area (Å²) in [6.45, 7) is 3.94. The summed E-state index contributed by atoms with van der Waals surface area (Å²) in [6, 6.07) is 4.99. The van der Waals surface area contributed by atoms with Crippen LogP contribution in [0.3, 0.4) is 0 Å². The third-order valence-corrected chi connectivity index (χ3v) is 5.77. The van der Waals surface area contributed by atoms with Gasteiger partial charge in [0.2, 0.25) is 0 Å². The first-order chi connectivity index (χ1) is 12.6. The van der Waals surface area contributed by atoms with Gasteiger partial charge in [0.15, 0.2) is 0 Å². The van der Waals surface area contributed by atoms with E-state index in [1.807, 2.05) is 11.8 Å². The van der Waals surface area contributed by atoms with Crippen LogP contribution in [0.5, 0.6) is 0 Å². The second kappa shape index (κ2) is 8.76. The Kier molecular flexibility index (Phi) is 6.41. The molecule has 0 aromatic heterocycles. The van der Waals surface area contributed by atoms with Crippen LogP contribution in [0.4, 0.5) is 10.5 Å². The predicted octanol–water partition coefficient (Wildman–Crippen LogP) is 4.95. The number of ether oxygens (including phenoxy) is 1. The summed E-state index contributed by atoms with van der Waals surface area (Å²) in [5.74, 6) is 1.40. The van der Waals surface area contributed by atoms with Crippen molar-refractivity contribution in [2.24, 2.45) is 11.8 Å². The topological polar surface area (TPSA) is 58.6 Å². The van der Waals surface area contributed by atoms with Gasteiger partial charge in [-0.2, -0.15) is 0 Å². The first-order valence-corrected chi connectivity index (χ1v) is 9.99. The number of rotatable bonds is 4. The molecule has 2 amide bonds. The summed E-state index contributed by atoms with van der Waals surface area (Å²) < 4.78 is 4.99. The Morgan fingerprint density at radius 3 is 2.73 bits per heavy atom. The summed E-state index contributed by atoms with van der Waals surface area (Å²) >= 11 is 6.33. The molecular formula is C20H27ClN2O3. The molecule has 1 N–H and O–H groups in total. The molecule has 0 spiro atoms. The number of piperidine rings is 1. The lowest BCUT2D eigenvalue weighted by Crippen LogP contribution is -2.44. The average Bonchev–Trinajstić information content (AvgIpc) is 2.65. The molecule has 3 rings (SSSR count). The highest BCUT2D eigenvalue weighted by molar-refractivity contribution is 6.34. The predicted molar refractivity (Wildman–Crippen MR) is 103 cm³/mol. The van der Waals surface area contributed by atoms with Gasteiger partial charge in [0, 0.05) is 18.8 Å². The Balaban J connectivity index is 1.63. The van der Waals surface area contributed by atoms with Crippen molar-refractivity contribution in [2.75, 3.05) is 25.0 Å². The highest BCUT2D eigenvalue weighted by Gasteiger charge is 2.33. The van der Waals surface area contributed by atoms with Crippen LogP contribution < -0.4 is 5.32 Å². The van der Waals surface area contributed by atoms with E-state index in [9.17, 15) is 9.59 Å². The number of halogens is 1. The Labute approximate surface area is 160 Å². The smallest absolute Gasteiger partial charge is 0.411 e. The lowest BCUT2D eigenvalue weighted by molar-refractivity contribution is 0.0521. The molecule has 2 aliphatic rings. The molecule has 1 saturated heterocycles. The Morgan fingerprint density at radius 1 is 1.23 bits per heavy atom. The minimum atomic E-state index is -0.513. The average molecular weight is 379 g/mol. The van der Waals surface area contributed by atoms with E-state index >= 15 is 0 Å². The molecule has 0 unspecified atom stereocenters. The summed E-state index contributed by atoms with van der Waals surface area (Å²) in [6.07, 6.45) is 6.49. The number of nitrogens with zero attached hydrogens (tertiary/aromatic N) is 1. The maximum Gasteiger partial charge on any atom is 0.411 e. The van der Waals surface area contributed by atoms with Gasteiger partial charge in [-0.3, -0.25) is 10.1 Å². The number of nitrogens with one attached hydrogen (secondary N) is 1. The number of amides is 2. The molecule has 1 aromatic rings. The monoisotopic (exact) mass is 378 g/mol. The standard InChI is InChI=1S/C20H27ClN2O3/c1-2-11-26-20(25)22-16-7-8-17(18(21)12-16)19(24)23-10-9-14-5-3-4-6-15(14)13-23/h7-8,12,14-15H,2-6,9-11,13H2,1H3,(H,22,25)/t14-,15+/m1/s1. The fourth-order valence-corrected chi connectivity index (χ4v) is 4.33. The van der Waals surface area contributed by atoms with Gasteiger partial charge in [-0.05, 0) is 49.3 Å². The van der Waals surface area contributed by atoms with E-state index in [1.165, 1.54) is 25.7 Å². The first kappa shape index (κ1) is 19.0. The van der Waals surface area contributed by atoms with Crippen molar-refractivity contribution >= 4 is 29.3 Å². The van der Waals surface area contributed by atoms with Crippen LogP contribution >= 0.6 is 11.6 Å². The van der Waals surface area contributed by atoms with Crippen molar-refractivity contribution < 1.29 is 14.3 Å². The summed E-state index contributed by atoms with van der Waals surface area (Å²) in [5.41, 5.74) is 1.02. The molecule has 1 saturated carbocycles. The van der Waals surface area contributed by atoms with E-state index in [0.717, 1.165) is 31.8 Å². The van der Waals surface area contributed by atoms with Gasteiger partial charge in [-0.1, -0.05) is 37.8 Å². The Hall–Kier alpha value is -1.75. The van der Waals surface area contributed by atoms with Crippen molar-refractivity contribution in [1.29, 1.82) is 0 Å². The van der Waals surface area contributed by atoms with Crippen molar-refractivity contribution in [2.45, 2.75) is 45.4 Å². The molecule has 2 fully saturated rings. The third-order valence-electron chi connectivity index (χ3n) is 5.46. The fourth-order valence-electron chi connectivity index (χ4n) is 4.07. The molecule has 1 aromatic carbocycles. The van der Waals surface area contributed by atoms with Gasteiger partial charge in [0.25, 0.3) is 5.91 Å². The van der Waals surface area contributed by atoms with Crippen LogP contribution in [-0.2, 0) is 4.74 Å².